The number of benzene rings is 1. The lowest BCUT2D eigenvalue weighted by Crippen LogP contribution is -2.34. The highest BCUT2D eigenvalue weighted by molar-refractivity contribution is 9.10. The molecule has 0 bridgehead atoms. The van der Waals surface area contributed by atoms with Crippen molar-refractivity contribution in [2.24, 2.45) is 11.8 Å². The van der Waals surface area contributed by atoms with E-state index < -0.39 is 0 Å². The van der Waals surface area contributed by atoms with Crippen LogP contribution in [0.4, 0.5) is 5.69 Å². The minimum absolute atomic E-state index is 0.000694. The van der Waals surface area contributed by atoms with E-state index in [0.29, 0.717) is 18.0 Å². The largest absolute Gasteiger partial charge is 0.495 e. The van der Waals surface area contributed by atoms with E-state index in [1.54, 1.807) is 7.11 Å². The van der Waals surface area contributed by atoms with Gasteiger partial charge in [-0.15, -0.1) is 0 Å². The smallest absolute Gasteiger partial charge is 0.229 e. The van der Waals surface area contributed by atoms with Crippen LogP contribution in [0.15, 0.2) is 22.7 Å². The quantitative estimate of drug-likeness (QED) is 0.844. The Balaban J connectivity index is 2.88. The number of hydrogen-bond acceptors (Lipinski definition) is 3. The summed E-state index contributed by atoms with van der Waals surface area (Å²) in [5, 5.41) is 5.99. The minimum atomic E-state index is -0.0753. The van der Waals surface area contributed by atoms with Crippen LogP contribution in [0.1, 0.15) is 13.8 Å². The Kier molecular flexibility index (Phi) is 6.31. The van der Waals surface area contributed by atoms with E-state index in [1.165, 1.54) is 0 Å². The van der Waals surface area contributed by atoms with Crippen LogP contribution in [0.25, 0.3) is 0 Å². The first kappa shape index (κ1) is 16.0. The van der Waals surface area contributed by atoms with Gasteiger partial charge in [-0.1, -0.05) is 29.8 Å². The maximum atomic E-state index is 12.3. The molecule has 0 aliphatic heterocycles. The topological polar surface area (TPSA) is 50.4 Å². The number of halogens is 1. The fourth-order valence-corrected chi connectivity index (χ4v) is 2.22. The molecule has 1 unspecified atom stereocenters. The number of nitrogens with one attached hydrogen (secondary N) is 2. The molecule has 1 aromatic carbocycles. The molecule has 0 heterocycles. The number of ether oxygens (including phenoxy) is 1. The van der Waals surface area contributed by atoms with Crippen LogP contribution in [0.2, 0.25) is 0 Å². The molecule has 0 fully saturated rings. The number of amides is 1. The second-order valence-electron chi connectivity index (χ2n) is 4.74. The van der Waals surface area contributed by atoms with E-state index in [9.17, 15) is 4.79 Å². The van der Waals surface area contributed by atoms with Crippen molar-refractivity contribution < 1.29 is 9.53 Å². The molecule has 19 heavy (non-hydrogen) atoms. The Morgan fingerprint density at radius 1 is 1.42 bits per heavy atom. The van der Waals surface area contributed by atoms with Gasteiger partial charge in [-0.2, -0.15) is 0 Å². The predicted octanol–water partition coefficient (Wildman–Crippen LogP) is 2.89. The number of methoxy groups -OCH3 is 1. The molecule has 4 nitrogen and oxygen atoms in total. The summed E-state index contributed by atoms with van der Waals surface area (Å²) in [6.07, 6.45) is 0. The molecule has 0 saturated heterocycles. The zero-order valence-electron chi connectivity index (χ0n) is 11.8. The molecule has 106 valence electrons. The molecule has 2 N–H and O–H groups in total. The van der Waals surface area contributed by atoms with E-state index in [0.717, 1.165) is 4.47 Å². The van der Waals surface area contributed by atoms with Gasteiger partial charge in [0.1, 0.15) is 5.75 Å². The summed E-state index contributed by atoms with van der Waals surface area (Å²) < 4.78 is 6.15. The summed E-state index contributed by atoms with van der Waals surface area (Å²) >= 11 is 3.39. The van der Waals surface area contributed by atoms with Crippen LogP contribution in [-0.2, 0) is 4.79 Å². The summed E-state index contributed by atoms with van der Waals surface area (Å²) in [7, 11) is 3.44. The van der Waals surface area contributed by atoms with Gasteiger partial charge >= 0.3 is 0 Å². The molecule has 0 spiro atoms. The lowest BCUT2D eigenvalue weighted by Gasteiger charge is -2.20. The van der Waals surface area contributed by atoms with Gasteiger partial charge in [-0.25, -0.2) is 0 Å². The van der Waals surface area contributed by atoms with E-state index in [-0.39, 0.29) is 17.7 Å². The highest BCUT2D eigenvalue weighted by atomic mass is 79.9. The van der Waals surface area contributed by atoms with E-state index in [2.05, 4.69) is 26.6 Å². The third-order valence-electron chi connectivity index (χ3n) is 2.98. The van der Waals surface area contributed by atoms with Crippen molar-refractivity contribution in [3.8, 4) is 5.75 Å². The van der Waals surface area contributed by atoms with Crippen LogP contribution >= 0.6 is 15.9 Å². The molecule has 1 atom stereocenters. The van der Waals surface area contributed by atoms with E-state index in [4.69, 9.17) is 4.74 Å². The summed E-state index contributed by atoms with van der Waals surface area (Å²) in [6.45, 7) is 4.74. The first-order valence-electron chi connectivity index (χ1n) is 6.28. The molecular weight excluding hydrogens is 308 g/mol. The molecule has 1 amide bonds. The molecule has 5 heteroatoms. The van der Waals surface area contributed by atoms with E-state index >= 15 is 0 Å². The summed E-state index contributed by atoms with van der Waals surface area (Å²) in [4.78, 5) is 12.3. The van der Waals surface area contributed by atoms with Crippen LogP contribution in [-0.4, -0.2) is 26.6 Å². The van der Waals surface area contributed by atoms with Gasteiger partial charge in [0, 0.05) is 11.0 Å². The number of carbonyl (C=O) groups is 1. The maximum Gasteiger partial charge on any atom is 0.229 e. The lowest BCUT2D eigenvalue weighted by atomic mass is 9.95. The molecule has 1 aromatic rings. The molecule has 1 rings (SSSR count). The SMILES string of the molecule is CNCC(C(=O)Nc1cc(Br)ccc1OC)C(C)C. The van der Waals surface area contributed by atoms with Crippen molar-refractivity contribution >= 4 is 27.5 Å². The average Bonchev–Trinajstić information content (AvgIpc) is 2.35. The fraction of sp³-hybridized carbons (Fsp3) is 0.500. The maximum absolute atomic E-state index is 12.3. The van der Waals surface area contributed by atoms with Crippen molar-refractivity contribution in [1.29, 1.82) is 0 Å². The van der Waals surface area contributed by atoms with E-state index in [1.807, 2.05) is 39.1 Å². The molecule has 0 aliphatic rings. The number of carbonyl (C=O) groups excluding carboxylic acids is 1. The van der Waals surface area contributed by atoms with Crippen LogP contribution in [0.5, 0.6) is 5.75 Å². The first-order valence-corrected chi connectivity index (χ1v) is 7.08. The standard InChI is InChI=1S/C14H21BrN2O2/c1-9(2)11(8-16-3)14(18)17-12-7-10(15)5-6-13(12)19-4/h5-7,9,11,16H,8H2,1-4H3,(H,17,18). The first-order chi connectivity index (χ1) is 8.99. The zero-order valence-corrected chi connectivity index (χ0v) is 13.4. The number of rotatable bonds is 6. The van der Waals surface area contributed by atoms with Crippen LogP contribution in [0.3, 0.4) is 0 Å². The van der Waals surface area contributed by atoms with Gasteiger partial charge < -0.3 is 15.4 Å². The predicted molar refractivity (Wildman–Crippen MR) is 81.6 cm³/mol. The van der Waals surface area contributed by atoms with Crippen molar-refractivity contribution in [2.75, 3.05) is 26.0 Å². The highest BCUT2D eigenvalue weighted by Crippen LogP contribution is 2.28. The van der Waals surface area contributed by atoms with Crippen LogP contribution < -0.4 is 15.4 Å². The monoisotopic (exact) mass is 328 g/mol. The number of anilines is 1. The lowest BCUT2D eigenvalue weighted by molar-refractivity contribution is -0.120. The molecule has 0 aliphatic carbocycles. The normalized spacial score (nSPS) is 12.3. The Bertz CT molecular complexity index is 435. The minimum Gasteiger partial charge on any atom is -0.495 e. The second kappa shape index (κ2) is 7.50. The van der Waals surface area contributed by atoms with Gasteiger partial charge in [0.05, 0.1) is 18.7 Å². The van der Waals surface area contributed by atoms with Crippen molar-refractivity contribution in [3.63, 3.8) is 0 Å². The van der Waals surface area contributed by atoms with Gasteiger partial charge in [0.2, 0.25) is 5.91 Å². The average molecular weight is 329 g/mol. The van der Waals surface area contributed by atoms with Gasteiger partial charge in [-0.3, -0.25) is 4.79 Å². The van der Waals surface area contributed by atoms with Crippen molar-refractivity contribution in [2.45, 2.75) is 13.8 Å². The van der Waals surface area contributed by atoms with Crippen molar-refractivity contribution in [3.05, 3.63) is 22.7 Å². The zero-order chi connectivity index (χ0) is 14.4. The van der Waals surface area contributed by atoms with Gasteiger partial charge in [-0.05, 0) is 31.2 Å². The molecular formula is C14H21BrN2O2. The van der Waals surface area contributed by atoms with Gasteiger partial charge in [0.25, 0.3) is 0 Å². The summed E-state index contributed by atoms with van der Waals surface area (Å²) in [5.74, 6) is 0.851. The fourth-order valence-electron chi connectivity index (χ4n) is 1.85. The summed E-state index contributed by atoms with van der Waals surface area (Å²) in [6, 6.07) is 5.54. The second-order valence-corrected chi connectivity index (χ2v) is 5.66. The van der Waals surface area contributed by atoms with Crippen molar-refractivity contribution in [1.82, 2.24) is 5.32 Å². The Morgan fingerprint density at radius 3 is 2.63 bits per heavy atom. The highest BCUT2D eigenvalue weighted by Gasteiger charge is 2.22. The number of hydrogen-bond donors (Lipinski definition) is 2. The molecule has 0 saturated carbocycles. The Labute approximate surface area is 123 Å². The third-order valence-corrected chi connectivity index (χ3v) is 3.48. The third kappa shape index (κ3) is 4.51. The Hall–Kier alpha value is -1.07. The molecule has 0 aromatic heterocycles. The Morgan fingerprint density at radius 2 is 2.11 bits per heavy atom. The van der Waals surface area contributed by atoms with Gasteiger partial charge in [0.15, 0.2) is 0 Å². The van der Waals surface area contributed by atoms with Crippen LogP contribution in [0, 0.1) is 11.8 Å². The summed E-state index contributed by atoms with van der Waals surface area (Å²) in [5.41, 5.74) is 0.684. The molecule has 0 radical (unpaired) electrons.